The summed E-state index contributed by atoms with van der Waals surface area (Å²) in [7, 11) is 1.51. The molecule has 7 heteroatoms. The van der Waals surface area contributed by atoms with Crippen LogP contribution in [0.25, 0.3) is 10.9 Å². The Balaban J connectivity index is 2.19. The molecule has 0 saturated heterocycles. The molecule has 0 aliphatic rings. The van der Waals surface area contributed by atoms with E-state index in [9.17, 15) is 22.8 Å². The largest absolute Gasteiger partial charge is 0.395 e. The summed E-state index contributed by atoms with van der Waals surface area (Å²) in [6.07, 6.45) is -5.41. The molecule has 0 aliphatic heterocycles. The molecule has 1 aromatic heterocycles. The maximum Gasteiger partial charge on any atom is 0.395 e. The second-order valence-electron chi connectivity index (χ2n) is 5.79. The van der Waals surface area contributed by atoms with Gasteiger partial charge in [-0.25, -0.2) is 0 Å². The standard InChI is InChI=1S/C17H19F3N2O2/c1-10-6-7-14-13(8-10)12(15(22-14)16(24)21-2)5-3-4-11(23)9-17(18,19)20/h6-8,22H,3-5,9H2,1-2H3,(H,21,24). The minimum absolute atomic E-state index is 0.162. The lowest BCUT2D eigenvalue weighted by atomic mass is 10.0. The van der Waals surface area contributed by atoms with Crippen molar-refractivity contribution in [1.82, 2.24) is 10.3 Å². The number of aromatic amines is 1. The summed E-state index contributed by atoms with van der Waals surface area (Å²) in [5, 5.41) is 3.40. The number of H-pyrrole nitrogens is 1. The lowest BCUT2D eigenvalue weighted by Crippen LogP contribution is -2.20. The third-order valence-electron chi connectivity index (χ3n) is 3.80. The number of Topliss-reactive ketones (excluding diaryl/α,β-unsaturated/α-hetero) is 1. The molecule has 0 fully saturated rings. The fourth-order valence-corrected chi connectivity index (χ4v) is 2.71. The zero-order valence-corrected chi connectivity index (χ0v) is 13.5. The summed E-state index contributed by atoms with van der Waals surface area (Å²) in [6, 6.07) is 5.68. The molecule has 130 valence electrons. The number of ketones is 1. The van der Waals surface area contributed by atoms with Crippen LogP contribution in [0.4, 0.5) is 13.2 Å². The highest BCUT2D eigenvalue weighted by Crippen LogP contribution is 2.26. The van der Waals surface area contributed by atoms with Gasteiger partial charge in [0.1, 0.15) is 17.9 Å². The molecule has 2 rings (SSSR count). The number of amides is 1. The summed E-state index contributed by atoms with van der Waals surface area (Å²) in [5.74, 6) is -1.12. The smallest absolute Gasteiger partial charge is 0.354 e. The van der Waals surface area contributed by atoms with Crippen LogP contribution in [-0.2, 0) is 11.2 Å². The Morgan fingerprint density at radius 1 is 1.25 bits per heavy atom. The zero-order chi connectivity index (χ0) is 17.9. The van der Waals surface area contributed by atoms with Crippen molar-refractivity contribution in [2.45, 2.75) is 38.8 Å². The molecular formula is C17H19F3N2O2. The Labute approximate surface area is 137 Å². The van der Waals surface area contributed by atoms with Crippen LogP contribution in [0, 0.1) is 6.92 Å². The lowest BCUT2D eigenvalue weighted by Gasteiger charge is -2.06. The molecule has 24 heavy (non-hydrogen) atoms. The van der Waals surface area contributed by atoms with Crippen LogP contribution < -0.4 is 5.32 Å². The Morgan fingerprint density at radius 3 is 2.58 bits per heavy atom. The number of rotatable bonds is 6. The van der Waals surface area contributed by atoms with E-state index in [2.05, 4.69) is 10.3 Å². The number of carbonyl (C=O) groups excluding carboxylic acids is 2. The number of hydrogen-bond donors (Lipinski definition) is 2. The van der Waals surface area contributed by atoms with E-state index in [1.807, 2.05) is 25.1 Å². The molecule has 1 heterocycles. The molecule has 0 aliphatic carbocycles. The van der Waals surface area contributed by atoms with Gasteiger partial charge in [0.2, 0.25) is 0 Å². The van der Waals surface area contributed by atoms with E-state index in [1.54, 1.807) is 0 Å². The minimum atomic E-state index is -4.47. The number of aromatic nitrogens is 1. The maximum absolute atomic E-state index is 12.2. The molecular weight excluding hydrogens is 321 g/mol. The third kappa shape index (κ3) is 4.37. The number of carbonyl (C=O) groups is 2. The average Bonchev–Trinajstić information content (AvgIpc) is 2.83. The second-order valence-corrected chi connectivity index (χ2v) is 5.79. The van der Waals surface area contributed by atoms with Crippen molar-refractivity contribution >= 4 is 22.6 Å². The molecule has 0 unspecified atom stereocenters. The number of halogens is 3. The van der Waals surface area contributed by atoms with Crippen LogP contribution in [0.2, 0.25) is 0 Å². The van der Waals surface area contributed by atoms with Gasteiger partial charge in [-0.2, -0.15) is 13.2 Å². The lowest BCUT2D eigenvalue weighted by molar-refractivity contribution is -0.152. The SMILES string of the molecule is CNC(=O)c1[nH]c2ccc(C)cc2c1CCCC(=O)CC(F)(F)F. The molecule has 1 amide bonds. The topological polar surface area (TPSA) is 62.0 Å². The Bertz CT molecular complexity index is 763. The van der Waals surface area contributed by atoms with Crippen molar-refractivity contribution in [3.63, 3.8) is 0 Å². The number of aryl methyl sites for hydroxylation is 2. The molecule has 0 atom stereocenters. The van der Waals surface area contributed by atoms with E-state index in [1.165, 1.54) is 7.05 Å². The summed E-state index contributed by atoms with van der Waals surface area (Å²) < 4.78 is 36.6. The van der Waals surface area contributed by atoms with Crippen molar-refractivity contribution in [3.8, 4) is 0 Å². The fraction of sp³-hybridized carbons (Fsp3) is 0.412. The zero-order valence-electron chi connectivity index (χ0n) is 13.5. The predicted molar refractivity (Wildman–Crippen MR) is 85.0 cm³/mol. The highest BCUT2D eigenvalue weighted by Gasteiger charge is 2.30. The molecule has 2 aromatic rings. The summed E-state index contributed by atoms with van der Waals surface area (Å²) in [5.41, 5.74) is 2.92. The first-order valence-electron chi connectivity index (χ1n) is 7.63. The summed E-state index contributed by atoms with van der Waals surface area (Å²) in [6.45, 7) is 1.92. The number of nitrogens with one attached hydrogen (secondary N) is 2. The van der Waals surface area contributed by atoms with Gasteiger partial charge in [0.25, 0.3) is 5.91 Å². The van der Waals surface area contributed by atoms with Gasteiger partial charge >= 0.3 is 6.18 Å². The van der Waals surface area contributed by atoms with Crippen LogP contribution in [0.15, 0.2) is 18.2 Å². The molecule has 0 saturated carbocycles. The van der Waals surface area contributed by atoms with Gasteiger partial charge in [-0.3, -0.25) is 9.59 Å². The van der Waals surface area contributed by atoms with Crippen LogP contribution in [0.1, 0.15) is 40.9 Å². The van der Waals surface area contributed by atoms with Crippen molar-refractivity contribution in [2.75, 3.05) is 7.05 Å². The Hall–Kier alpha value is -2.31. The van der Waals surface area contributed by atoms with Gasteiger partial charge < -0.3 is 10.3 Å². The van der Waals surface area contributed by atoms with Crippen molar-refractivity contribution in [3.05, 3.63) is 35.0 Å². The highest BCUT2D eigenvalue weighted by atomic mass is 19.4. The monoisotopic (exact) mass is 340 g/mol. The summed E-state index contributed by atoms with van der Waals surface area (Å²) >= 11 is 0. The van der Waals surface area contributed by atoms with E-state index in [0.717, 1.165) is 22.0 Å². The molecule has 0 spiro atoms. The number of fused-ring (bicyclic) bond motifs is 1. The molecule has 0 bridgehead atoms. The number of benzene rings is 1. The van der Waals surface area contributed by atoms with Crippen LogP contribution in [0.5, 0.6) is 0 Å². The highest BCUT2D eigenvalue weighted by molar-refractivity contribution is 6.01. The average molecular weight is 340 g/mol. The first-order chi connectivity index (χ1) is 11.2. The molecule has 0 radical (unpaired) electrons. The summed E-state index contributed by atoms with van der Waals surface area (Å²) in [4.78, 5) is 26.4. The third-order valence-corrected chi connectivity index (χ3v) is 3.80. The molecule has 2 N–H and O–H groups in total. The predicted octanol–water partition coefficient (Wildman–Crippen LogP) is 3.68. The second kappa shape index (κ2) is 7.07. The van der Waals surface area contributed by atoms with E-state index in [-0.39, 0.29) is 18.7 Å². The first kappa shape index (κ1) is 18.0. The van der Waals surface area contributed by atoms with Crippen molar-refractivity contribution in [1.29, 1.82) is 0 Å². The van der Waals surface area contributed by atoms with Crippen molar-refractivity contribution < 1.29 is 22.8 Å². The van der Waals surface area contributed by atoms with E-state index in [4.69, 9.17) is 0 Å². The Kier molecular flexibility index (Phi) is 5.31. The normalized spacial score (nSPS) is 11.7. The van der Waals surface area contributed by atoms with Crippen molar-refractivity contribution in [2.24, 2.45) is 0 Å². The molecule has 1 aromatic carbocycles. The van der Waals surface area contributed by atoms with Gasteiger partial charge in [0.15, 0.2) is 0 Å². The number of alkyl halides is 3. The fourth-order valence-electron chi connectivity index (χ4n) is 2.71. The van der Waals surface area contributed by atoms with Gasteiger partial charge in [0.05, 0.1) is 0 Å². The van der Waals surface area contributed by atoms with Crippen LogP contribution in [0.3, 0.4) is 0 Å². The van der Waals surface area contributed by atoms with E-state index in [0.29, 0.717) is 12.1 Å². The van der Waals surface area contributed by atoms with Gasteiger partial charge in [-0.05, 0) is 37.5 Å². The van der Waals surface area contributed by atoms with Crippen LogP contribution >= 0.6 is 0 Å². The Morgan fingerprint density at radius 2 is 1.96 bits per heavy atom. The van der Waals surface area contributed by atoms with Gasteiger partial charge in [0, 0.05) is 24.4 Å². The van der Waals surface area contributed by atoms with E-state index < -0.39 is 18.4 Å². The van der Waals surface area contributed by atoms with Crippen LogP contribution in [-0.4, -0.2) is 29.9 Å². The van der Waals surface area contributed by atoms with E-state index >= 15 is 0 Å². The minimum Gasteiger partial charge on any atom is -0.354 e. The molecule has 4 nitrogen and oxygen atoms in total. The van der Waals surface area contributed by atoms with Gasteiger partial charge in [-0.15, -0.1) is 0 Å². The maximum atomic E-state index is 12.2. The van der Waals surface area contributed by atoms with Gasteiger partial charge in [-0.1, -0.05) is 11.6 Å². The number of hydrogen-bond acceptors (Lipinski definition) is 2. The quantitative estimate of drug-likeness (QED) is 0.843. The first-order valence-corrected chi connectivity index (χ1v) is 7.63.